The highest BCUT2D eigenvalue weighted by molar-refractivity contribution is 7.85. The average molecular weight is 1070 g/mol. The molecule has 8 nitrogen and oxygen atoms in total. The van der Waals surface area contributed by atoms with E-state index in [1.165, 1.54) is 20.9 Å². The summed E-state index contributed by atoms with van der Waals surface area (Å²) >= 11 is 0. The molecule has 0 aliphatic heterocycles. The van der Waals surface area contributed by atoms with E-state index in [-0.39, 0.29) is 22.0 Å². The van der Waals surface area contributed by atoms with E-state index in [4.69, 9.17) is 9.47 Å². The Morgan fingerprint density at radius 1 is 0.579 bits per heavy atom. The van der Waals surface area contributed by atoms with Gasteiger partial charge < -0.3 is 9.47 Å². The van der Waals surface area contributed by atoms with E-state index in [9.17, 15) is 34.8 Å². The lowest BCUT2D eigenvalue weighted by Gasteiger charge is -2.12. The fraction of sp³-hybridized carbons (Fsp3) is 0.200. The molecular formula is C60H52F6N4O4S2. The SMILES string of the molecule is CC(C)S(=O)c1cccc(Oc2cccc(-c3c(CC4=CC(C)(C)C=C4)nc4c(C(F)(F)F)cccn34)c2)c1.CCS(=O)c1cccc(Oc2cccc(-c3c(Cc4ccccc4)nc4c(C(F)(F)F)cccn34)c2)c1. The van der Waals surface area contributed by atoms with Crippen LogP contribution in [0.5, 0.6) is 23.0 Å². The monoisotopic (exact) mass is 1070 g/mol. The highest BCUT2D eigenvalue weighted by atomic mass is 32.2. The van der Waals surface area contributed by atoms with Crippen LogP contribution in [0.3, 0.4) is 0 Å². The third-order valence-corrected chi connectivity index (χ3v) is 15.3. The Labute approximate surface area is 441 Å². The van der Waals surface area contributed by atoms with E-state index in [1.54, 1.807) is 97.3 Å². The molecule has 390 valence electrons. The van der Waals surface area contributed by atoms with E-state index in [0.29, 0.717) is 85.3 Å². The molecule has 0 bridgehead atoms. The molecule has 2 atom stereocenters. The van der Waals surface area contributed by atoms with Crippen LogP contribution in [0.25, 0.3) is 33.8 Å². The third-order valence-electron chi connectivity index (χ3n) is 12.4. The van der Waals surface area contributed by atoms with Crippen LogP contribution in [0.2, 0.25) is 0 Å². The van der Waals surface area contributed by atoms with Crippen molar-refractivity contribution in [2.75, 3.05) is 5.75 Å². The Bertz CT molecular complexity index is 3690. The van der Waals surface area contributed by atoms with Crippen LogP contribution < -0.4 is 9.47 Å². The standard InChI is InChI=1S/C31H29F3N2O2S.C29H23F3N2O2S/c1-20(2)39(37)25-11-6-10-24(18-25)38-23-9-5-8-22(17-23)28-27(16-21-13-14-30(3,4)19-21)35-29-26(31(32,33)34)12-7-15-36(28)29;1-2-37(35)24-14-7-13-23(19-24)36-22-12-6-11-21(18-22)27-26(17-20-9-4-3-5-10-20)33-28-25(29(30,31)32)15-8-16-34(27)28/h5-15,17-20H,16H2,1-4H3;3-16,18-19H,2,17H2,1H3. The first-order chi connectivity index (χ1) is 36.2. The number of allylic oxidation sites excluding steroid dienone is 4. The molecular weight excluding hydrogens is 1020 g/mol. The lowest BCUT2D eigenvalue weighted by molar-refractivity contribution is -0.137. The molecule has 76 heavy (non-hydrogen) atoms. The van der Waals surface area contributed by atoms with Crippen LogP contribution >= 0.6 is 0 Å². The Balaban J connectivity index is 0.000000186. The van der Waals surface area contributed by atoms with Crippen molar-refractivity contribution >= 4 is 32.9 Å². The quantitative estimate of drug-likeness (QED) is 0.101. The highest BCUT2D eigenvalue weighted by Gasteiger charge is 2.36. The fourth-order valence-electron chi connectivity index (χ4n) is 8.98. The molecule has 2 unspecified atom stereocenters. The van der Waals surface area contributed by atoms with Crippen molar-refractivity contribution in [3.63, 3.8) is 0 Å². The Hall–Kier alpha value is -7.56. The van der Waals surface area contributed by atoms with Crippen LogP contribution in [-0.4, -0.2) is 38.2 Å². The van der Waals surface area contributed by atoms with Gasteiger partial charge >= 0.3 is 12.4 Å². The van der Waals surface area contributed by atoms with Gasteiger partial charge in [0.2, 0.25) is 0 Å². The number of benzene rings is 5. The van der Waals surface area contributed by atoms with Crippen LogP contribution in [-0.2, 0) is 46.8 Å². The van der Waals surface area contributed by atoms with Gasteiger partial charge in [0.15, 0.2) is 0 Å². The molecule has 0 radical (unpaired) electrons. The fourth-order valence-corrected chi connectivity index (χ4v) is 10.8. The minimum atomic E-state index is -4.54. The Kier molecular flexibility index (Phi) is 15.4. The van der Waals surface area contributed by atoms with E-state index < -0.39 is 45.1 Å². The number of hydrogen-bond donors (Lipinski definition) is 0. The normalized spacial score (nSPS) is 14.1. The van der Waals surface area contributed by atoms with Crippen LogP contribution in [0.15, 0.2) is 198 Å². The molecule has 1 aliphatic rings. The first-order valence-electron chi connectivity index (χ1n) is 24.4. The van der Waals surface area contributed by atoms with Crippen LogP contribution in [0.1, 0.15) is 62.7 Å². The molecule has 4 aromatic heterocycles. The zero-order valence-corrected chi connectivity index (χ0v) is 43.7. The first-order valence-corrected chi connectivity index (χ1v) is 26.9. The third kappa shape index (κ3) is 12.1. The van der Waals surface area contributed by atoms with Gasteiger partial charge in [-0.3, -0.25) is 17.2 Å². The number of ether oxygens (including phenoxy) is 2. The molecule has 1 aliphatic carbocycles. The molecule has 5 aromatic carbocycles. The predicted molar refractivity (Wildman–Crippen MR) is 287 cm³/mol. The van der Waals surface area contributed by atoms with Gasteiger partial charge in [-0.15, -0.1) is 0 Å². The van der Waals surface area contributed by atoms with Crippen molar-refractivity contribution in [3.05, 3.63) is 216 Å². The Morgan fingerprint density at radius 2 is 1.05 bits per heavy atom. The second-order valence-corrected chi connectivity index (χ2v) is 22.7. The summed E-state index contributed by atoms with van der Waals surface area (Å²) < 4.78 is 123. The second-order valence-electron chi connectivity index (χ2n) is 18.9. The number of hydrogen-bond acceptors (Lipinski definition) is 6. The van der Waals surface area contributed by atoms with Gasteiger partial charge in [0.1, 0.15) is 34.3 Å². The number of pyridine rings is 2. The van der Waals surface area contributed by atoms with Crippen LogP contribution in [0.4, 0.5) is 26.3 Å². The van der Waals surface area contributed by atoms with Crippen molar-refractivity contribution < 1.29 is 44.2 Å². The van der Waals surface area contributed by atoms with E-state index >= 15 is 0 Å². The van der Waals surface area contributed by atoms with E-state index in [2.05, 4.69) is 36.0 Å². The molecule has 0 fully saturated rings. The molecule has 9 aromatic rings. The smallest absolute Gasteiger partial charge is 0.419 e. The summed E-state index contributed by atoms with van der Waals surface area (Å²) in [5.74, 6) is 2.56. The van der Waals surface area contributed by atoms with Gasteiger partial charge in [-0.25, -0.2) is 9.97 Å². The number of rotatable bonds is 14. The summed E-state index contributed by atoms with van der Waals surface area (Å²) in [5, 5.41) is -0.0332. The zero-order chi connectivity index (χ0) is 53.9. The molecule has 4 heterocycles. The van der Waals surface area contributed by atoms with Crippen molar-refractivity contribution in [2.45, 2.75) is 74.9 Å². The summed E-state index contributed by atoms with van der Waals surface area (Å²) in [5.41, 5.74) is 3.55. The molecule has 0 amide bonds. The number of halogens is 6. The summed E-state index contributed by atoms with van der Waals surface area (Å²) in [7, 11) is -2.28. The van der Waals surface area contributed by atoms with Crippen molar-refractivity contribution in [1.82, 2.24) is 18.8 Å². The average Bonchev–Trinajstić information content (AvgIpc) is 4.07. The summed E-state index contributed by atoms with van der Waals surface area (Å²) in [6, 6.07) is 43.0. The number of nitrogens with zero attached hydrogens (tertiary/aromatic N) is 4. The van der Waals surface area contributed by atoms with Crippen molar-refractivity contribution in [1.29, 1.82) is 0 Å². The van der Waals surface area contributed by atoms with E-state index in [1.807, 2.05) is 69.3 Å². The van der Waals surface area contributed by atoms with Gasteiger partial charge in [-0.1, -0.05) is 120 Å². The molecule has 10 rings (SSSR count). The summed E-state index contributed by atoms with van der Waals surface area (Å²) in [4.78, 5) is 10.3. The van der Waals surface area contributed by atoms with E-state index in [0.717, 1.165) is 23.3 Å². The van der Waals surface area contributed by atoms with Gasteiger partial charge in [0.25, 0.3) is 0 Å². The van der Waals surface area contributed by atoms with Crippen molar-refractivity contribution in [3.8, 4) is 45.5 Å². The zero-order valence-electron chi connectivity index (χ0n) is 42.0. The largest absolute Gasteiger partial charge is 0.457 e. The Morgan fingerprint density at radius 3 is 1.53 bits per heavy atom. The van der Waals surface area contributed by atoms with Crippen molar-refractivity contribution in [2.24, 2.45) is 5.41 Å². The summed E-state index contributed by atoms with van der Waals surface area (Å²) in [6.45, 7) is 9.79. The molecule has 0 saturated heterocycles. The van der Waals surface area contributed by atoms with Gasteiger partial charge in [-0.2, -0.15) is 26.3 Å². The van der Waals surface area contributed by atoms with Gasteiger partial charge in [0.05, 0.1) is 55.5 Å². The minimum absolute atomic E-state index is 0.0332. The topological polar surface area (TPSA) is 87.2 Å². The molecule has 0 saturated carbocycles. The molecule has 16 heteroatoms. The molecule has 0 spiro atoms. The lowest BCUT2D eigenvalue weighted by Crippen LogP contribution is -2.07. The lowest BCUT2D eigenvalue weighted by atomic mass is 9.95. The summed E-state index contributed by atoms with van der Waals surface area (Å²) in [6.07, 6.45) is 1.08. The second kappa shape index (κ2) is 22.0. The van der Waals surface area contributed by atoms with Gasteiger partial charge in [-0.05, 0) is 96.1 Å². The number of aromatic nitrogens is 4. The minimum Gasteiger partial charge on any atom is -0.457 e. The van der Waals surface area contributed by atoms with Gasteiger partial charge in [0, 0.05) is 62.6 Å². The number of alkyl halides is 6. The maximum absolute atomic E-state index is 13.9. The first kappa shape index (κ1) is 53.3. The highest BCUT2D eigenvalue weighted by Crippen LogP contribution is 2.40. The molecule has 0 N–H and O–H groups in total. The number of imidazole rings is 2. The predicted octanol–water partition coefficient (Wildman–Crippen LogP) is 15.9. The maximum atomic E-state index is 13.9. The van der Waals surface area contributed by atoms with Crippen LogP contribution in [0, 0.1) is 5.41 Å². The number of fused-ring (bicyclic) bond motifs is 2. The maximum Gasteiger partial charge on any atom is 0.419 e.